The number of nitrogens with zero attached hydrogens (tertiary/aromatic N) is 1. The van der Waals surface area contributed by atoms with Crippen LogP contribution in [0.15, 0.2) is 18.2 Å². The molecule has 0 spiro atoms. The summed E-state index contributed by atoms with van der Waals surface area (Å²) in [6, 6.07) is 4.98. The van der Waals surface area contributed by atoms with Crippen LogP contribution in [0, 0.1) is 12.8 Å². The van der Waals surface area contributed by atoms with Crippen LogP contribution in [0.2, 0.25) is 0 Å². The van der Waals surface area contributed by atoms with Gasteiger partial charge < -0.3 is 21.1 Å². The fourth-order valence-corrected chi connectivity index (χ4v) is 3.86. The molecule has 4 N–H and O–H groups in total. The Hall–Kier alpha value is -1.38. The number of likely N-dealkylation sites (tertiary alicyclic amines) is 1. The van der Waals surface area contributed by atoms with Crippen LogP contribution in [0.4, 0.5) is 11.4 Å². The number of benzene rings is 1. The number of anilines is 2. The van der Waals surface area contributed by atoms with Crippen LogP contribution in [0.3, 0.4) is 0 Å². The molecular formula is C21H34Cl2N4O3. The molecule has 0 aliphatic carbocycles. The molecule has 1 atom stereocenters. The minimum Gasteiger partial charge on any atom is -0.381 e. The van der Waals surface area contributed by atoms with E-state index in [0.717, 1.165) is 50.0 Å². The Morgan fingerprint density at radius 2 is 1.80 bits per heavy atom. The first-order valence-electron chi connectivity index (χ1n) is 10.3. The molecule has 7 nitrogen and oxygen atoms in total. The molecule has 2 saturated heterocycles. The summed E-state index contributed by atoms with van der Waals surface area (Å²) in [4.78, 5) is 27.1. The number of amides is 2. The van der Waals surface area contributed by atoms with Gasteiger partial charge in [0.1, 0.15) is 0 Å². The van der Waals surface area contributed by atoms with Crippen molar-refractivity contribution >= 4 is 48.0 Å². The SMILES string of the molecule is Cc1ccc(NC(=O)C(N)C2CCOCC2)cc1NC(=O)CN1CCCCC1.Cl.Cl. The summed E-state index contributed by atoms with van der Waals surface area (Å²) in [7, 11) is 0. The van der Waals surface area contributed by atoms with Crippen molar-refractivity contribution in [2.24, 2.45) is 11.7 Å². The van der Waals surface area contributed by atoms with E-state index < -0.39 is 6.04 Å². The number of ether oxygens (including phenoxy) is 1. The summed E-state index contributed by atoms with van der Waals surface area (Å²) in [5.74, 6) is -0.0726. The minimum absolute atomic E-state index is 0. The first-order valence-corrected chi connectivity index (χ1v) is 10.3. The molecule has 0 radical (unpaired) electrons. The summed E-state index contributed by atoms with van der Waals surface area (Å²) in [6.07, 6.45) is 5.16. The number of rotatable bonds is 6. The highest BCUT2D eigenvalue weighted by Gasteiger charge is 2.26. The number of piperidine rings is 1. The van der Waals surface area contributed by atoms with Gasteiger partial charge in [0, 0.05) is 24.6 Å². The van der Waals surface area contributed by atoms with Gasteiger partial charge in [0.15, 0.2) is 0 Å². The maximum Gasteiger partial charge on any atom is 0.241 e. The topological polar surface area (TPSA) is 96.7 Å². The normalized spacial score (nSPS) is 18.5. The molecule has 2 fully saturated rings. The molecule has 170 valence electrons. The minimum atomic E-state index is -0.553. The lowest BCUT2D eigenvalue weighted by molar-refractivity contribution is -0.119. The standard InChI is InChI=1S/C21H32N4O3.2ClH/c1-15-5-6-17(23-21(27)20(22)16-7-11-28-12-8-16)13-18(15)24-19(26)14-25-9-3-2-4-10-25;;/h5-6,13,16,20H,2-4,7-12,14,22H2,1H3,(H,23,27)(H,24,26);2*1H. The maximum atomic E-state index is 12.5. The lowest BCUT2D eigenvalue weighted by Crippen LogP contribution is -2.44. The van der Waals surface area contributed by atoms with E-state index in [9.17, 15) is 9.59 Å². The Labute approximate surface area is 191 Å². The zero-order valence-corrected chi connectivity index (χ0v) is 19.2. The van der Waals surface area contributed by atoms with E-state index in [1.165, 1.54) is 6.42 Å². The van der Waals surface area contributed by atoms with Gasteiger partial charge >= 0.3 is 0 Å². The van der Waals surface area contributed by atoms with Crippen molar-refractivity contribution < 1.29 is 14.3 Å². The first kappa shape index (κ1) is 26.7. The highest BCUT2D eigenvalue weighted by atomic mass is 35.5. The van der Waals surface area contributed by atoms with Gasteiger partial charge in [-0.3, -0.25) is 14.5 Å². The fraction of sp³-hybridized carbons (Fsp3) is 0.619. The van der Waals surface area contributed by atoms with Crippen LogP contribution >= 0.6 is 24.8 Å². The number of nitrogens with one attached hydrogen (secondary N) is 2. The number of hydrogen-bond acceptors (Lipinski definition) is 5. The summed E-state index contributed by atoms with van der Waals surface area (Å²) in [5.41, 5.74) is 8.47. The van der Waals surface area contributed by atoms with Gasteiger partial charge in [-0.1, -0.05) is 12.5 Å². The van der Waals surface area contributed by atoms with E-state index in [1.807, 2.05) is 19.1 Å². The molecule has 2 amide bonds. The van der Waals surface area contributed by atoms with Crippen molar-refractivity contribution in [1.82, 2.24) is 4.90 Å². The molecular weight excluding hydrogens is 427 g/mol. The van der Waals surface area contributed by atoms with Gasteiger partial charge in [-0.25, -0.2) is 0 Å². The second-order valence-corrected chi connectivity index (χ2v) is 7.88. The van der Waals surface area contributed by atoms with Crippen molar-refractivity contribution in [3.05, 3.63) is 23.8 Å². The monoisotopic (exact) mass is 460 g/mol. The summed E-state index contributed by atoms with van der Waals surface area (Å²) in [6.45, 7) is 5.62. The molecule has 1 unspecified atom stereocenters. The third-order valence-corrected chi connectivity index (χ3v) is 5.67. The van der Waals surface area contributed by atoms with Crippen molar-refractivity contribution in [2.45, 2.75) is 45.1 Å². The van der Waals surface area contributed by atoms with E-state index >= 15 is 0 Å². The lowest BCUT2D eigenvalue weighted by atomic mass is 9.92. The van der Waals surface area contributed by atoms with Crippen molar-refractivity contribution in [1.29, 1.82) is 0 Å². The van der Waals surface area contributed by atoms with Crippen LogP contribution in [-0.2, 0) is 14.3 Å². The van der Waals surface area contributed by atoms with Gasteiger partial charge in [-0.2, -0.15) is 0 Å². The molecule has 0 bridgehead atoms. The van der Waals surface area contributed by atoms with E-state index in [4.69, 9.17) is 10.5 Å². The van der Waals surface area contributed by atoms with E-state index in [1.54, 1.807) is 6.07 Å². The summed E-state index contributed by atoms with van der Waals surface area (Å²) in [5, 5.41) is 5.88. The molecule has 2 aliphatic rings. The van der Waals surface area contributed by atoms with E-state index in [0.29, 0.717) is 25.4 Å². The zero-order chi connectivity index (χ0) is 19.9. The quantitative estimate of drug-likeness (QED) is 0.606. The first-order chi connectivity index (χ1) is 13.5. The molecule has 3 rings (SSSR count). The maximum absolute atomic E-state index is 12.5. The zero-order valence-electron chi connectivity index (χ0n) is 17.5. The second-order valence-electron chi connectivity index (χ2n) is 7.88. The van der Waals surface area contributed by atoms with E-state index in [2.05, 4.69) is 15.5 Å². The molecule has 0 saturated carbocycles. The van der Waals surface area contributed by atoms with Gasteiger partial charge in [0.05, 0.1) is 12.6 Å². The van der Waals surface area contributed by atoms with Crippen molar-refractivity contribution in [3.8, 4) is 0 Å². The summed E-state index contributed by atoms with van der Waals surface area (Å²) < 4.78 is 5.34. The predicted octanol–water partition coefficient (Wildman–Crippen LogP) is 2.96. The van der Waals surface area contributed by atoms with Gasteiger partial charge in [0.25, 0.3) is 0 Å². The van der Waals surface area contributed by atoms with Gasteiger partial charge in [-0.15, -0.1) is 24.8 Å². The third-order valence-electron chi connectivity index (χ3n) is 5.67. The Bertz CT molecular complexity index is 693. The number of nitrogens with two attached hydrogens (primary N) is 1. The molecule has 0 aromatic heterocycles. The van der Waals surface area contributed by atoms with Crippen LogP contribution in [0.1, 0.15) is 37.7 Å². The number of carbonyl (C=O) groups is 2. The average Bonchev–Trinajstić information content (AvgIpc) is 2.71. The number of aryl methyl sites for hydroxylation is 1. The fourth-order valence-electron chi connectivity index (χ4n) is 3.86. The Kier molecular flexibility index (Phi) is 11.7. The Morgan fingerprint density at radius 1 is 1.13 bits per heavy atom. The number of carbonyl (C=O) groups excluding carboxylic acids is 2. The van der Waals surface area contributed by atoms with Gasteiger partial charge in [-0.05, 0) is 69.3 Å². The van der Waals surface area contributed by atoms with Crippen molar-refractivity contribution in [3.63, 3.8) is 0 Å². The van der Waals surface area contributed by atoms with Crippen molar-refractivity contribution in [2.75, 3.05) is 43.5 Å². The molecule has 2 aliphatic heterocycles. The number of hydrogen-bond donors (Lipinski definition) is 3. The second kappa shape index (κ2) is 13.1. The van der Waals surface area contributed by atoms with Crippen LogP contribution in [-0.4, -0.2) is 55.6 Å². The largest absolute Gasteiger partial charge is 0.381 e. The van der Waals surface area contributed by atoms with Crippen LogP contribution in [0.5, 0.6) is 0 Å². The molecule has 1 aromatic rings. The Morgan fingerprint density at radius 3 is 2.47 bits per heavy atom. The molecule has 30 heavy (non-hydrogen) atoms. The Balaban J connectivity index is 0.00000225. The number of halogens is 2. The van der Waals surface area contributed by atoms with Gasteiger partial charge in [0.2, 0.25) is 11.8 Å². The molecule has 2 heterocycles. The summed E-state index contributed by atoms with van der Waals surface area (Å²) >= 11 is 0. The highest BCUT2D eigenvalue weighted by molar-refractivity contribution is 5.97. The third kappa shape index (κ3) is 7.71. The van der Waals surface area contributed by atoms with Crippen LogP contribution in [0.25, 0.3) is 0 Å². The predicted molar refractivity (Wildman–Crippen MR) is 125 cm³/mol. The highest BCUT2D eigenvalue weighted by Crippen LogP contribution is 2.22. The lowest BCUT2D eigenvalue weighted by Gasteiger charge is -2.27. The average molecular weight is 461 g/mol. The smallest absolute Gasteiger partial charge is 0.241 e. The molecule has 9 heteroatoms. The molecule has 1 aromatic carbocycles. The van der Waals surface area contributed by atoms with Crippen LogP contribution < -0.4 is 16.4 Å². The van der Waals surface area contributed by atoms with E-state index in [-0.39, 0.29) is 42.5 Å².